The molecule has 0 heterocycles. The third-order valence-corrected chi connectivity index (χ3v) is 2.58. The van der Waals surface area contributed by atoms with Gasteiger partial charge < -0.3 is 5.11 Å². The molecule has 0 radical (unpaired) electrons. The SMILES string of the molecule is CC(C)CC(=O)c1cc(C(C)C)ccc1O. The summed E-state index contributed by atoms with van der Waals surface area (Å²) < 4.78 is 0. The Morgan fingerprint density at radius 2 is 1.88 bits per heavy atom. The van der Waals surface area contributed by atoms with Gasteiger partial charge in [-0.2, -0.15) is 0 Å². The molecule has 2 heteroatoms. The lowest BCUT2D eigenvalue weighted by Gasteiger charge is -2.10. The van der Waals surface area contributed by atoms with Crippen LogP contribution in [0.3, 0.4) is 0 Å². The van der Waals surface area contributed by atoms with Gasteiger partial charge in [0.15, 0.2) is 5.78 Å². The maximum Gasteiger partial charge on any atom is 0.166 e. The second-order valence-electron chi connectivity index (χ2n) is 4.95. The maximum atomic E-state index is 11.9. The van der Waals surface area contributed by atoms with Crippen LogP contribution < -0.4 is 0 Å². The van der Waals surface area contributed by atoms with E-state index in [1.54, 1.807) is 6.07 Å². The van der Waals surface area contributed by atoms with E-state index in [4.69, 9.17) is 0 Å². The van der Waals surface area contributed by atoms with Crippen molar-refractivity contribution in [3.8, 4) is 5.75 Å². The van der Waals surface area contributed by atoms with Gasteiger partial charge in [0.25, 0.3) is 0 Å². The van der Waals surface area contributed by atoms with Crippen LogP contribution in [0.4, 0.5) is 0 Å². The number of carbonyl (C=O) groups excluding carboxylic acids is 1. The Hall–Kier alpha value is -1.31. The van der Waals surface area contributed by atoms with Gasteiger partial charge in [-0.1, -0.05) is 33.8 Å². The van der Waals surface area contributed by atoms with Gasteiger partial charge in [-0.25, -0.2) is 0 Å². The first kappa shape index (κ1) is 12.8. The average Bonchev–Trinajstić information content (AvgIpc) is 2.16. The molecule has 0 spiro atoms. The van der Waals surface area contributed by atoms with Gasteiger partial charge in [0.1, 0.15) is 5.75 Å². The zero-order chi connectivity index (χ0) is 12.3. The zero-order valence-electron chi connectivity index (χ0n) is 10.4. The first-order valence-electron chi connectivity index (χ1n) is 5.78. The standard InChI is InChI=1S/C14H20O2/c1-9(2)7-14(16)12-8-11(10(3)4)5-6-13(12)15/h5-6,8-10,15H,7H2,1-4H3. The Morgan fingerprint density at radius 3 is 2.38 bits per heavy atom. The molecule has 0 fully saturated rings. The highest BCUT2D eigenvalue weighted by molar-refractivity contribution is 5.98. The number of ketones is 1. The monoisotopic (exact) mass is 220 g/mol. The summed E-state index contributed by atoms with van der Waals surface area (Å²) in [4.78, 5) is 11.9. The molecule has 88 valence electrons. The Labute approximate surface area is 97.3 Å². The van der Waals surface area contributed by atoms with E-state index in [1.807, 2.05) is 26.0 Å². The van der Waals surface area contributed by atoms with Crippen molar-refractivity contribution in [1.82, 2.24) is 0 Å². The number of rotatable bonds is 4. The van der Waals surface area contributed by atoms with Crippen molar-refractivity contribution < 1.29 is 9.90 Å². The molecule has 1 aromatic carbocycles. The number of Topliss-reactive ketones (excluding diaryl/α,β-unsaturated/α-hetero) is 1. The van der Waals surface area contributed by atoms with Crippen LogP contribution in [0, 0.1) is 5.92 Å². The van der Waals surface area contributed by atoms with Crippen LogP contribution in [-0.2, 0) is 0 Å². The minimum Gasteiger partial charge on any atom is -0.507 e. The Kier molecular flexibility index (Phi) is 4.11. The molecule has 0 atom stereocenters. The molecule has 1 aromatic rings. The summed E-state index contributed by atoms with van der Waals surface area (Å²) in [5, 5.41) is 9.68. The predicted molar refractivity (Wildman–Crippen MR) is 66.0 cm³/mol. The van der Waals surface area contributed by atoms with E-state index in [1.165, 1.54) is 0 Å². The summed E-state index contributed by atoms with van der Waals surface area (Å²) in [6.45, 7) is 8.15. The minimum absolute atomic E-state index is 0.0231. The van der Waals surface area contributed by atoms with Crippen LogP contribution in [0.5, 0.6) is 5.75 Å². The van der Waals surface area contributed by atoms with E-state index < -0.39 is 0 Å². The third kappa shape index (κ3) is 3.09. The van der Waals surface area contributed by atoms with Crippen LogP contribution in [0.15, 0.2) is 18.2 Å². The van der Waals surface area contributed by atoms with Crippen LogP contribution in [0.1, 0.15) is 56.0 Å². The number of carbonyl (C=O) groups is 1. The Morgan fingerprint density at radius 1 is 1.25 bits per heavy atom. The molecule has 0 bridgehead atoms. The average molecular weight is 220 g/mol. The highest BCUT2D eigenvalue weighted by Crippen LogP contribution is 2.25. The molecule has 0 saturated carbocycles. The molecule has 0 saturated heterocycles. The van der Waals surface area contributed by atoms with Crippen molar-refractivity contribution in [3.63, 3.8) is 0 Å². The van der Waals surface area contributed by atoms with E-state index in [2.05, 4.69) is 13.8 Å². The van der Waals surface area contributed by atoms with Crippen LogP contribution >= 0.6 is 0 Å². The van der Waals surface area contributed by atoms with Crippen LogP contribution in [0.2, 0.25) is 0 Å². The number of hydrogen-bond acceptors (Lipinski definition) is 2. The lowest BCUT2D eigenvalue weighted by atomic mass is 9.95. The number of benzene rings is 1. The number of hydrogen-bond donors (Lipinski definition) is 1. The predicted octanol–water partition coefficient (Wildman–Crippen LogP) is 3.74. The molecule has 0 aromatic heterocycles. The second kappa shape index (κ2) is 5.15. The van der Waals surface area contributed by atoms with Crippen molar-refractivity contribution >= 4 is 5.78 Å². The fraction of sp³-hybridized carbons (Fsp3) is 0.500. The summed E-state index contributed by atoms with van der Waals surface area (Å²) in [6.07, 6.45) is 0.481. The lowest BCUT2D eigenvalue weighted by molar-refractivity contribution is 0.0965. The van der Waals surface area contributed by atoms with Crippen molar-refractivity contribution in [2.45, 2.75) is 40.0 Å². The fourth-order valence-electron chi connectivity index (χ4n) is 1.62. The van der Waals surface area contributed by atoms with Gasteiger partial charge in [0, 0.05) is 6.42 Å². The Balaban J connectivity index is 3.02. The van der Waals surface area contributed by atoms with Gasteiger partial charge in [-0.05, 0) is 29.5 Å². The van der Waals surface area contributed by atoms with Crippen LogP contribution in [0.25, 0.3) is 0 Å². The van der Waals surface area contributed by atoms with Crippen LogP contribution in [-0.4, -0.2) is 10.9 Å². The number of aromatic hydroxyl groups is 1. The minimum atomic E-state index is 0.0231. The van der Waals surface area contributed by atoms with E-state index in [9.17, 15) is 9.90 Å². The largest absolute Gasteiger partial charge is 0.507 e. The zero-order valence-corrected chi connectivity index (χ0v) is 10.4. The van der Waals surface area contributed by atoms with E-state index in [-0.39, 0.29) is 11.5 Å². The Bertz CT molecular complexity index is 378. The molecule has 16 heavy (non-hydrogen) atoms. The van der Waals surface area contributed by atoms with Gasteiger partial charge in [0.05, 0.1) is 5.56 Å². The van der Waals surface area contributed by atoms with Gasteiger partial charge >= 0.3 is 0 Å². The van der Waals surface area contributed by atoms with E-state index in [0.29, 0.717) is 23.8 Å². The molecule has 0 aliphatic heterocycles. The first-order chi connectivity index (χ1) is 7.41. The molecular weight excluding hydrogens is 200 g/mol. The second-order valence-corrected chi connectivity index (χ2v) is 4.95. The molecule has 2 nitrogen and oxygen atoms in total. The summed E-state index contributed by atoms with van der Waals surface area (Å²) >= 11 is 0. The molecular formula is C14H20O2. The molecule has 1 rings (SSSR count). The molecule has 0 unspecified atom stereocenters. The molecule has 0 amide bonds. The van der Waals surface area contributed by atoms with Crippen molar-refractivity contribution in [1.29, 1.82) is 0 Å². The quantitative estimate of drug-likeness (QED) is 0.785. The van der Waals surface area contributed by atoms with Gasteiger partial charge in [-0.15, -0.1) is 0 Å². The number of phenolic OH excluding ortho intramolecular Hbond substituents is 1. The van der Waals surface area contributed by atoms with E-state index >= 15 is 0 Å². The van der Waals surface area contributed by atoms with Gasteiger partial charge in [0.2, 0.25) is 0 Å². The highest BCUT2D eigenvalue weighted by atomic mass is 16.3. The summed E-state index contributed by atoms with van der Waals surface area (Å²) in [5.41, 5.74) is 1.55. The highest BCUT2D eigenvalue weighted by Gasteiger charge is 2.14. The lowest BCUT2D eigenvalue weighted by Crippen LogP contribution is -2.05. The van der Waals surface area contributed by atoms with Crippen molar-refractivity contribution in [2.75, 3.05) is 0 Å². The molecule has 1 N–H and O–H groups in total. The third-order valence-electron chi connectivity index (χ3n) is 2.58. The van der Waals surface area contributed by atoms with Gasteiger partial charge in [-0.3, -0.25) is 4.79 Å². The molecule has 0 aliphatic rings. The smallest absolute Gasteiger partial charge is 0.166 e. The fourth-order valence-corrected chi connectivity index (χ4v) is 1.62. The number of phenols is 1. The maximum absolute atomic E-state index is 11.9. The summed E-state index contributed by atoms with van der Waals surface area (Å²) in [7, 11) is 0. The summed E-state index contributed by atoms with van der Waals surface area (Å²) in [5.74, 6) is 0.797. The van der Waals surface area contributed by atoms with E-state index in [0.717, 1.165) is 5.56 Å². The molecule has 0 aliphatic carbocycles. The first-order valence-corrected chi connectivity index (χ1v) is 5.78. The normalized spacial score (nSPS) is 11.1. The van der Waals surface area contributed by atoms with Crippen molar-refractivity contribution in [2.24, 2.45) is 5.92 Å². The topological polar surface area (TPSA) is 37.3 Å². The van der Waals surface area contributed by atoms with Crippen molar-refractivity contribution in [3.05, 3.63) is 29.3 Å². The summed E-state index contributed by atoms with van der Waals surface area (Å²) in [6, 6.07) is 5.29.